The number of nitrogens with one attached hydrogen (secondary N) is 2. The predicted molar refractivity (Wildman–Crippen MR) is 73.4 cm³/mol. The highest BCUT2D eigenvalue weighted by Gasteiger charge is 2.15. The van der Waals surface area contributed by atoms with Crippen LogP contribution in [0.5, 0.6) is 0 Å². The van der Waals surface area contributed by atoms with Gasteiger partial charge in [0.1, 0.15) is 0 Å². The Morgan fingerprint density at radius 1 is 0.722 bits per heavy atom. The van der Waals surface area contributed by atoms with Gasteiger partial charge in [0.2, 0.25) is 0 Å². The van der Waals surface area contributed by atoms with E-state index < -0.39 is 0 Å². The summed E-state index contributed by atoms with van der Waals surface area (Å²) >= 11 is 0. The Morgan fingerprint density at radius 2 is 1.22 bits per heavy atom. The van der Waals surface area contributed by atoms with Gasteiger partial charge in [0, 0.05) is 35.6 Å². The average Bonchev–Trinajstić information content (AvgIpc) is 2.48. The molecule has 0 fully saturated rings. The van der Waals surface area contributed by atoms with E-state index in [-0.39, 0.29) is 0 Å². The van der Waals surface area contributed by atoms with E-state index in [0.29, 0.717) is 0 Å². The lowest BCUT2D eigenvalue weighted by atomic mass is 10.0. The highest BCUT2D eigenvalue weighted by molar-refractivity contribution is 6.17. The van der Waals surface area contributed by atoms with Crippen LogP contribution in [0.3, 0.4) is 0 Å². The van der Waals surface area contributed by atoms with Crippen LogP contribution in [0.15, 0.2) is 49.1 Å². The molecule has 4 nitrogen and oxygen atoms in total. The maximum absolute atomic E-state index is 4.46. The van der Waals surface area contributed by atoms with Crippen molar-refractivity contribution in [3.05, 3.63) is 49.1 Å². The van der Waals surface area contributed by atoms with Crippen LogP contribution in [0.25, 0.3) is 21.8 Å². The number of fused-ring (bicyclic) bond motifs is 6. The predicted octanol–water partition coefficient (Wildman–Crippen LogP) is 3.09. The van der Waals surface area contributed by atoms with Crippen LogP contribution >= 0.6 is 0 Å². The fraction of sp³-hybridized carbons (Fsp3) is 0. The summed E-state index contributed by atoms with van der Waals surface area (Å²) in [5.74, 6) is 0. The lowest BCUT2D eigenvalue weighted by Crippen LogP contribution is -2.04. The Bertz CT molecular complexity index is 726. The third-order valence-corrected chi connectivity index (χ3v) is 3.17. The molecule has 3 heterocycles. The molecule has 0 aliphatic carbocycles. The van der Waals surface area contributed by atoms with E-state index in [4.69, 9.17) is 0 Å². The van der Waals surface area contributed by atoms with Crippen molar-refractivity contribution in [3.63, 3.8) is 0 Å². The Balaban J connectivity index is 2.30. The maximum atomic E-state index is 4.46. The standard InChI is InChI=1S/C14H10N4/c1-3-9-11(15-5-1)12-10(4-2-6-16-12)14-13(9)17-7-8-18-14/h1-8,17-18H. The zero-order valence-corrected chi connectivity index (χ0v) is 9.51. The van der Waals surface area contributed by atoms with E-state index in [9.17, 15) is 0 Å². The molecule has 0 spiro atoms. The second-order valence-electron chi connectivity index (χ2n) is 4.17. The second-order valence-corrected chi connectivity index (χ2v) is 4.17. The minimum atomic E-state index is 0.927. The molecule has 0 amide bonds. The van der Waals surface area contributed by atoms with E-state index in [1.807, 2.05) is 24.5 Å². The van der Waals surface area contributed by atoms with Crippen LogP contribution in [0.1, 0.15) is 0 Å². The van der Waals surface area contributed by atoms with E-state index >= 15 is 0 Å². The van der Waals surface area contributed by atoms with Crippen molar-refractivity contribution >= 4 is 33.2 Å². The summed E-state index contributed by atoms with van der Waals surface area (Å²) in [6.45, 7) is 0. The van der Waals surface area contributed by atoms with Gasteiger partial charge in [0.05, 0.1) is 22.4 Å². The van der Waals surface area contributed by atoms with Gasteiger partial charge in [-0.15, -0.1) is 0 Å². The van der Waals surface area contributed by atoms with Gasteiger partial charge in [-0.2, -0.15) is 0 Å². The monoisotopic (exact) mass is 234 g/mol. The minimum absolute atomic E-state index is 0.927. The average molecular weight is 234 g/mol. The van der Waals surface area contributed by atoms with Gasteiger partial charge >= 0.3 is 0 Å². The van der Waals surface area contributed by atoms with E-state index in [0.717, 1.165) is 33.2 Å². The fourth-order valence-electron chi connectivity index (χ4n) is 2.41. The number of anilines is 2. The minimum Gasteiger partial charge on any atom is -0.358 e. The molecule has 1 aliphatic heterocycles. The molecule has 0 bridgehead atoms. The summed E-state index contributed by atoms with van der Waals surface area (Å²) in [6.07, 6.45) is 7.37. The van der Waals surface area contributed by atoms with E-state index in [2.05, 4.69) is 32.7 Å². The van der Waals surface area contributed by atoms with Crippen LogP contribution in [0, 0.1) is 0 Å². The van der Waals surface area contributed by atoms with Gasteiger partial charge in [-0.1, -0.05) is 0 Å². The van der Waals surface area contributed by atoms with Crippen LogP contribution in [-0.2, 0) is 0 Å². The quantitative estimate of drug-likeness (QED) is 0.587. The lowest BCUT2D eigenvalue weighted by Gasteiger charge is -2.19. The van der Waals surface area contributed by atoms with Crippen molar-refractivity contribution in [2.45, 2.75) is 0 Å². The first-order valence-electron chi connectivity index (χ1n) is 5.78. The number of rotatable bonds is 0. The number of benzene rings is 1. The number of aromatic nitrogens is 2. The second kappa shape index (κ2) is 3.43. The molecule has 0 radical (unpaired) electrons. The number of hydrogen-bond donors (Lipinski definition) is 2. The van der Waals surface area contributed by atoms with Crippen molar-refractivity contribution in [2.24, 2.45) is 0 Å². The first-order chi connectivity index (χ1) is 8.95. The zero-order chi connectivity index (χ0) is 11.9. The van der Waals surface area contributed by atoms with Crippen molar-refractivity contribution in [2.75, 3.05) is 10.6 Å². The molecule has 2 N–H and O–H groups in total. The number of hydrogen-bond acceptors (Lipinski definition) is 4. The van der Waals surface area contributed by atoms with Crippen LogP contribution in [-0.4, -0.2) is 9.97 Å². The SMILES string of the molecule is C1=CNc2c(c3cccnc3c3ncccc23)N1. The van der Waals surface area contributed by atoms with Crippen molar-refractivity contribution in [1.29, 1.82) is 0 Å². The highest BCUT2D eigenvalue weighted by Crippen LogP contribution is 2.39. The van der Waals surface area contributed by atoms with Crippen LogP contribution in [0.2, 0.25) is 0 Å². The molecule has 1 aromatic carbocycles. The van der Waals surface area contributed by atoms with Gasteiger partial charge in [-0.05, 0) is 24.3 Å². The van der Waals surface area contributed by atoms with Gasteiger partial charge in [-0.25, -0.2) is 0 Å². The molecule has 0 saturated carbocycles. The molecule has 0 atom stereocenters. The summed E-state index contributed by atoms with van der Waals surface area (Å²) in [5.41, 5.74) is 3.97. The lowest BCUT2D eigenvalue weighted by molar-refractivity contribution is 1.37. The summed E-state index contributed by atoms with van der Waals surface area (Å²) in [6, 6.07) is 8.00. The molecule has 4 heteroatoms. The first kappa shape index (κ1) is 9.41. The van der Waals surface area contributed by atoms with Gasteiger partial charge < -0.3 is 10.6 Å². The Kier molecular flexibility index (Phi) is 1.80. The van der Waals surface area contributed by atoms with Crippen LogP contribution in [0.4, 0.5) is 11.4 Å². The topological polar surface area (TPSA) is 49.8 Å². The molecule has 18 heavy (non-hydrogen) atoms. The van der Waals surface area contributed by atoms with E-state index in [1.165, 1.54) is 0 Å². The largest absolute Gasteiger partial charge is 0.358 e. The van der Waals surface area contributed by atoms with Gasteiger partial charge in [-0.3, -0.25) is 9.97 Å². The molecule has 0 unspecified atom stereocenters. The smallest absolute Gasteiger partial charge is 0.0987 e. The highest BCUT2D eigenvalue weighted by atomic mass is 15.0. The Morgan fingerprint density at radius 3 is 1.72 bits per heavy atom. The summed E-state index contributed by atoms with van der Waals surface area (Å²) in [4.78, 5) is 8.93. The summed E-state index contributed by atoms with van der Waals surface area (Å²) in [5, 5.41) is 8.73. The number of nitrogens with zero attached hydrogens (tertiary/aromatic N) is 2. The fourth-order valence-corrected chi connectivity index (χ4v) is 2.41. The maximum Gasteiger partial charge on any atom is 0.0987 e. The van der Waals surface area contributed by atoms with E-state index in [1.54, 1.807) is 12.4 Å². The molecule has 86 valence electrons. The first-order valence-corrected chi connectivity index (χ1v) is 5.78. The van der Waals surface area contributed by atoms with Crippen molar-refractivity contribution in [3.8, 4) is 0 Å². The zero-order valence-electron chi connectivity index (χ0n) is 9.51. The molecule has 2 aromatic heterocycles. The van der Waals surface area contributed by atoms with Crippen molar-refractivity contribution in [1.82, 2.24) is 9.97 Å². The van der Waals surface area contributed by atoms with Gasteiger partial charge in [0.15, 0.2) is 0 Å². The Labute approximate surface area is 103 Å². The molecule has 1 aliphatic rings. The molecule has 3 aromatic rings. The molecule has 0 saturated heterocycles. The van der Waals surface area contributed by atoms with Crippen LogP contribution < -0.4 is 10.6 Å². The number of pyridine rings is 2. The molecule has 4 rings (SSSR count). The Hall–Kier alpha value is -2.62. The summed E-state index contributed by atoms with van der Waals surface area (Å²) < 4.78 is 0. The third kappa shape index (κ3) is 1.14. The summed E-state index contributed by atoms with van der Waals surface area (Å²) in [7, 11) is 0. The molecular weight excluding hydrogens is 224 g/mol. The molecular formula is C14H10N4. The van der Waals surface area contributed by atoms with Gasteiger partial charge in [0.25, 0.3) is 0 Å². The third-order valence-electron chi connectivity index (χ3n) is 3.17. The van der Waals surface area contributed by atoms with Crippen molar-refractivity contribution < 1.29 is 0 Å². The normalized spacial score (nSPS) is 13.1.